The van der Waals surface area contributed by atoms with E-state index in [4.69, 9.17) is 10.5 Å². The highest BCUT2D eigenvalue weighted by molar-refractivity contribution is 5.99. The van der Waals surface area contributed by atoms with Gasteiger partial charge in [0.15, 0.2) is 0 Å². The Morgan fingerprint density at radius 2 is 2.05 bits per heavy atom. The molecule has 0 bridgehead atoms. The van der Waals surface area contributed by atoms with Crippen LogP contribution in [0.2, 0.25) is 0 Å². The maximum absolute atomic E-state index is 12.8. The summed E-state index contributed by atoms with van der Waals surface area (Å²) in [6.07, 6.45) is 1.17. The fraction of sp³-hybridized carbons (Fsp3) is 0.562. The highest BCUT2D eigenvalue weighted by Gasteiger charge is 2.33. The zero-order chi connectivity index (χ0) is 14.9. The largest absolute Gasteiger partial charge is 0.497 e. The van der Waals surface area contributed by atoms with Crippen molar-refractivity contribution in [3.05, 3.63) is 23.8 Å². The van der Waals surface area contributed by atoms with Crippen LogP contribution >= 0.6 is 0 Å². The number of nitrogen functional groups attached to an aromatic ring is 1. The number of anilines is 1. The average molecular weight is 276 g/mol. The molecule has 4 heteroatoms. The zero-order valence-electron chi connectivity index (χ0n) is 12.7. The fourth-order valence-electron chi connectivity index (χ4n) is 2.99. The number of hydrogen-bond acceptors (Lipinski definition) is 3. The van der Waals surface area contributed by atoms with Gasteiger partial charge >= 0.3 is 0 Å². The van der Waals surface area contributed by atoms with Crippen LogP contribution in [0.25, 0.3) is 0 Å². The number of carbonyl (C=O) groups excluding carboxylic acids is 1. The van der Waals surface area contributed by atoms with Gasteiger partial charge in [0, 0.05) is 18.3 Å². The lowest BCUT2D eigenvalue weighted by Gasteiger charge is -2.41. The molecule has 1 amide bonds. The SMILES string of the molecule is COc1ccc(N)c(C(=O)N2CC(C)CC(C)C2C)c1. The first-order valence-electron chi connectivity index (χ1n) is 7.18. The molecule has 4 nitrogen and oxygen atoms in total. The van der Waals surface area contributed by atoms with Crippen LogP contribution in [0.3, 0.4) is 0 Å². The number of carbonyl (C=O) groups is 1. The van der Waals surface area contributed by atoms with Crippen LogP contribution in [0.4, 0.5) is 5.69 Å². The van der Waals surface area contributed by atoms with Gasteiger partial charge in [0.25, 0.3) is 5.91 Å². The van der Waals surface area contributed by atoms with E-state index in [1.165, 1.54) is 6.42 Å². The summed E-state index contributed by atoms with van der Waals surface area (Å²) in [6, 6.07) is 5.48. The third-order valence-corrected chi connectivity index (χ3v) is 4.35. The molecule has 20 heavy (non-hydrogen) atoms. The standard InChI is InChI=1S/C16H24N2O2/c1-10-7-11(2)12(3)18(9-10)16(19)14-8-13(20-4)5-6-15(14)17/h5-6,8,10-12H,7,9,17H2,1-4H3. The van der Waals surface area contributed by atoms with Crippen LogP contribution in [0.1, 0.15) is 37.6 Å². The van der Waals surface area contributed by atoms with E-state index >= 15 is 0 Å². The van der Waals surface area contributed by atoms with E-state index in [0.717, 1.165) is 6.54 Å². The maximum atomic E-state index is 12.8. The predicted molar refractivity (Wildman–Crippen MR) is 80.8 cm³/mol. The average Bonchev–Trinajstić information content (AvgIpc) is 2.42. The molecule has 1 aromatic rings. The number of benzene rings is 1. The molecule has 1 saturated heterocycles. The lowest BCUT2D eigenvalue weighted by atomic mass is 9.85. The van der Waals surface area contributed by atoms with Gasteiger partial charge in [0.2, 0.25) is 0 Å². The Morgan fingerprint density at radius 3 is 2.70 bits per heavy atom. The number of rotatable bonds is 2. The van der Waals surface area contributed by atoms with Crippen LogP contribution in [0, 0.1) is 11.8 Å². The van der Waals surface area contributed by atoms with Gasteiger partial charge in [-0.15, -0.1) is 0 Å². The number of nitrogens with two attached hydrogens (primary N) is 1. The summed E-state index contributed by atoms with van der Waals surface area (Å²) in [5.41, 5.74) is 7.01. The number of ether oxygens (including phenoxy) is 1. The zero-order valence-corrected chi connectivity index (χ0v) is 12.7. The molecule has 1 aromatic carbocycles. The normalized spacial score (nSPS) is 26.4. The van der Waals surface area contributed by atoms with Crippen molar-refractivity contribution < 1.29 is 9.53 Å². The summed E-state index contributed by atoms with van der Waals surface area (Å²) in [7, 11) is 1.59. The number of likely N-dealkylation sites (tertiary alicyclic amines) is 1. The van der Waals surface area contributed by atoms with Gasteiger partial charge in [-0.1, -0.05) is 13.8 Å². The molecule has 1 aliphatic rings. The van der Waals surface area contributed by atoms with E-state index in [1.54, 1.807) is 25.3 Å². The molecule has 0 spiro atoms. The van der Waals surface area contributed by atoms with Gasteiger partial charge < -0.3 is 15.4 Å². The summed E-state index contributed by atoms with van der Waals surface area (Å²) < 4.78 is 5.19. The van der Waals surface area contributed by atoms with Gasteiger partial charge in [-0.05, 0) is 43.4 Å². The Labute approximate surface area is 120 Å². The van der Waals surface area contributed by atoms with E-state index in [-0.39, 0.29) is 11.9 Å². The van der Waals surface area contributed by atoms with Crippen LogP contribution in [-0.2, 0) is 0 Å². The Bertz CT molecular complexity index is 501. The Balaban J connectivity index is 2.30. The number of amides is 1. The van der Waals surface area contributed by atoms with Crippen molar-refractivity contribution in [3.63, 3.8) is 0 Å². The van der Waals surface area contributed by atoms with Crippen LogP contribution < -0.4 is 10.5 Å². The molecular weight excluding hydrogens is 252 g/mol. The molecule has 1 heterocycles. The first-order chi connectivity index (χ1) is 9.43. The second-order valence-electron chi connectivity index (χ2n) is 5.97. The van der Waals surface area contributed by atoms with Crippen LogP contribution in [0.5, 0.6) is 5.75 Å². The van der Waals surface area contributed by atoms with E-state index in [0.29, 0.717) is 28.8 Å². The summed E-state index contributed by atoms with van der Waals surface area (Å²) in [5.74, 6) is 1.70. The highest BCUT2D eigenvalue weighted by atomic mass is 16.5. The third-order valence-electron chi connectivity index (χ3n) is 4.35. The lowest BCUT2D eigenvalue weighted by Crippen LogP contribution is -2.49. The Morgan fingerprint density at radius 1 is 1.35 bits per heavy atom. The summed E-state index contributed by atoms with van der Waals surface area (Å²) >= 11 is 0. The van der Waals surface area contributed by atoms with Crippen molar-refractivity contribution in [3.8, 4) is 5.75 Å². The molecule has 2 N–H and O–H groups in total. The summed E-state index contributed by atoms with van der Waals surface area (Å²) in [5, 5.41) is 0. The molecular formula is C16H24N2O2. The van der Waals surface area contributed by atoms with Crippen molar-refractivity contribution in [2.75, 3.05) is 19.4 Å². The first-order valence-corrected chi connectivity index (χ1v) is 7.18. The molecule has 110 valence electrons. The van der Waals surface area contributed by atoms with Gasteiger partial charge in [0.1, 0.15) is 5.75 Å². The van der Waals surface area contributed by atoms with Gasteiger partial charge in [-0.25, -0.2) is 0 Å². The van der Waals surface area contributed by atoms with E-state index in [9.17, 15) is 4.79 Å². The van der Waals surface area contributed by atoms with Crippen molar-refractivity contribution >= 4 is 11.6 Å². The van der Waals surface area contributed by atoms with Gasteiger partial charge in [-0.3, -0.25) is 4.79 Å². The second kappa shape index (κ2) is 5.73. The quantitative estimate of drug-likeness (QED) is 0.845. The van der Waals surface area contributed by atoms with E-state index < -0.39 is 0 Å². The van der Waals surface area contributed by atoms with E-state index in [2.05, 4.69) is 20.8 Å². The Hall–Kier alpha value is -1.71. The summed E-state index contributed by atoms with van der Waals surface area (Å²) in [4.78, 5) is 14.7. The van der Waals surface area contributed by atoms with Crippen molar-refractivity contribution in [2.24, 2.45) is 11.8 Å². The first kappa shape index (κ1) is 14.7. The molecule has 0 aliphatic carbocycles. The molecule has 0 aromatic heterocycles. The number of nitrogens with zero attached hydrogens (tertiary/aromatic N) is 1. The van der Waals surface area contributed by atoms with Crippen LogP contribution in [0.15, 0.2) is 18.2 Å². The topological polar surface area (TPSA) is 55.6 Å². The smallest absolute Gasteiger partial charge is 0.256 e. The monoisotopic (exact) mass is 276 g/mol. The third kappa shape index (κ3) is 2.74. The van der Waals surface area contributed by atoms with Crippen molar-refractivity contribution in [1.82, 2.24) is 4.90 Å². The number of methoxy groups -OCH3 is 1. The molecule has 2 rings (SSSR count). The molecule has 3 atom stereocenters. The second-order valence-corrected chi connectivity index (χ2v) is 5.97. The number of hydrogen-bond donors (Lipinski definition) is 1. The maximum Gasteiger partial charge on any atom is 0.256 e. The van der Waals surface area contributed by atoms with E-state index in [1.807, 2.05) is 4.90 Å². The minimum Gasteiger partial charge on any atom is -0.497 e. The van der Waals surface area contributed by atoms with Gasteiger partial charge in [-0.2, -0.15) is 0 Å². The van der Waals surface area contributed by atoms with Crippen molar-refractivity contribution in [2.45, 2.75) is 33.2 Å². The predicted octanol–water partition coefficient (Wildman–Crippen LogP) is 2.78. The lowest BCUT2D eigenvalue weighted by molar-refractivity contribution is 0.0456. The highest BCUT2D eigenvalue weighted by Crippen LogP contribution is 2.30. The van der Waals surface area contributed by atoms with Crippen LogP contribution in [-0.4, -0.2) is 30.5 Å². The Kier molecular flexibility index (Phi) is 4.21. The van der Waals surface area contributed by atoms with Gasteiger partial charge in [0.05, 0.1) is 12.7 Å². The molecule has 0 radical (unpaired) electrons. The minimum atomic E-state index is 0.00676. The number of piperidine rings is 1. The summed E-state index contributed by atoms with van der Waals surface area (Å²) in [6.45, 7) is 7.30. The molecule has 0 saturated carbocycles. The fourth-order valence-corrected chi connectivity index (χ4v) is 2.99. The van der Waals surface area contributed by atoms with Crippen molar-refractivity contribution in [1.29, 1.82) is 0 Å². The molecule has 1 aliphatic heterocycles. The minimum absolute atomic E-state index is 0.00676. The molecule has 3 unspecified atom stereocenters. The molecule has 1 fully saturated rings.